The Bertz CT molecular complexity index is 1480. The first-order valence-electron chi connectivity index (χ1n) is 9.80. The van der Waals surface area contributed by atoms with E-state index in [1.54, 1.807) is 0 Å². The quantitative estimate of drug-likeness (QED) is 0.455. The van der Waals surface area contributed by atoms with Gasteiger partial charge in [-0.3, -0.25) is 9.29 Å². The number of halogens is 1. The van der Waals surface area contributed by atoms with Crippen molar-refractivity contribution in [3.8, 4) is 0 Å². The number of sulfonamides is 1. The SMILES string of the molecule is C[C@@H](c1cccc2c1CNCC2)n1c(=O)oc2cc(S(=O)(=O)Nc3ncns3)c(F)cc21. The van der Waals surface area contributed by atoms with Gasteiger partial charge in [-0.25, -0.2) is 22.6 Å². The van der Waals surface area contributed by atoms with Crippen LogP contribution in [0.15, 0.2) is 50.8 Å². The molecule has 166 valence electrons. The van der Waals surface area contributed by atoms with Gasteiger partial charge in [0.15, 0.2) is 5.58 Å². The molecular formula is C20H18FN5O4S2. The van der Waals surface area contributed by atoms with Crippen molar-refractivity contribution in [3.05, 3.63) is 69.7 Å². The summed E-state index contributed by atoms with van der Waals surface area (Å²) in [6, 6.07) is 7.51. The van der Waals surface area contributed by atoms with Crippen LogP contribution in [0.3, 0.4) is 0 Å². The van der Waals surface area contributed by atoms with Gasteiger partial charge in [-0.1, -0.05) is 18.2 Å². The van der Waals surface area contributed by atoms with E-state index in [0.717, 1.165) is 47.8 Å². The minimum Gasteiger partial charge on any atom is -0.408 e. The van der Waals surface area contributed by atoms with Gasteiger partial charge in [-0.2, -0.15) is 4.37 Å². The van der Waals surface area contributed by atoms with Crippen LogP contribution in [0.2, 0.25) is 0 Å². The Kier molecular flexibility index (Phi) is 5.07. The Morgan fingerprint density at radius 2 is 2.19 bits per heavy atom. The van der Waals surface area contributed by atoms with Crippen LogP contribution in [-0.4, -0.2) is 28.9 Å². The van der Waals surface area contributed by atoms with Gasteiger partial charge in [-0.15, -0.1) is 0 Å². The fourth-order valence-electron chi connectivity index (χ4n) is 4.07. The van der Waals surface area contributed by atoms with Gasteiger partial charge in [0.2, 0.25) is 5.13 Å². The minimum absolute atomic E-state index is 0.000368. The molecule has 0 spiro atoms. The summed E-state index contributed by atoms with van der Waals surface area (Å²) in [5.41, 5.74) is 3.39. The van der Waals surface area contributed by atoms with Crippen LogP contribution in [0.1, 0.15) is 29.7 Å². The van der Waals surface area contributed by atoms with Crippen molar-refractivity contribution in [3.63, 3.8) is 0 Å². The molecule has 0 amide bonds. The van der Waals surface area contributed by atoms with Gasteiger partial charge in [0.1, 0.15) is 17.0 Å². The number of oxazole rings is 1. The highest BCUT2D eigenvalue weighted by molar-refractivity contribution is 7.93. The lowest BCUT2D eigenvalue weighted by Crippen LogP contribution is -2.27. The summed E-state index contributed by atoms with van der Waals surface area (Å²) in [5.74, 6) is -1.70. The first-order chi connectivity index (χ1) is 15.3. The number of fused-ring (bicyclic) bond motifs is 2. The molecule has 0 bridgehead atoms. The van der Waals surface area contributed by atoms with E-state index in [0.29, 0.717) is 6.54 Å². The molecular weight excluding hydrogens is 457 g/mol. The zero-order valence-corrected chi connectivity index (χ0v) is 18.5. The second-order valence-corrected chi connectivity index (χ2v) is 9.86. The monoisotopic (exact) mass is 475 g/mol. The summed E-state index contributed by atoms with van der Waals surface area (Å²) in [5, 5.41) is 3.33. The normalized spacial score (nSPS) is 14.9. The second kappa shape index (κ2) is 7.80. The second-order valence-electron chi connectivity index (χ2n) is 7.43. The fraction of sp³-hybridized carbons (Fsp3) is 0.250. The topological polar surface area (TPSA) is 119 Å². The summed E-state index contributed by atoms with van der Waals surface area (Å²) in [6.45, 7) is 3.39. The first kappa shape index (κ1) is 20.8. The van der Waals surface area contributed by atoms with Gasteiger partial charge in [0.25, 0.3) is 10.0 Å². The minimum atomic E-state index is -4.29. The Balaban J connectivity index is 1.60. The predicted molar refractivity (Wildman–Crippen MR) is 117 cm³/mol. The fourth-order valence-corrected chi connectivity index (χ4v) is 5.80. The summed E-state index contributed by atoms with van der Waals surface area (Å²) >= 11 is 0.817. The van der Waals surface area contributed by atoms with E-state index in [4.69, 9.17) is 4.42 Å². The largest absolute Gasteiger partial charge is 0.420 e. The van der Waals surface area contributed by atoms with Crippen molar-refractivity contribution in [1.29, 1.82) is 0 Å². The average molecular weight is 476 g/mol. The van der Waals surface area contributed by atoms with Crippen molar-refractivity contribution >= 4 is 37.8 Å². The van der Waals surface area contributed by atoms with Gasteiger partial charge in [0.05, 0.1) is 11.6 Å². The Morgan fingerprint density at radius 1 is 1.34 bits per heavy atom. The number of rotatable bonds is 5. The maximum absolute atomic E-state index is 15.0. The number of hydrogen-bond acceptors (Lipinski definition) is 8. The molecule has 32 heavy (non-hydrogen) atoms. The van der Waals surface area contributed by atoms with Crippen LogP contribution in [0, 0.1) is 5.82 Å². The van der Waals surface area contributed by atoms with Crippen LogP contribution in [0.5, 0.6) is 0 Å². The van der Waals surface area contributed by atoms with E-state index in [1.807, 2.05) is 19.1 Å². The molecule has 0 radical (unpaired) electrons. The molecule has 9 nitrogen and oxygen atoms in total. The molecule has 2 aromatic heterocycles. The van der Waals surface area contributed by atoms with Crippen molar-refractivity contribution in [2.75, 3.05) is 11.3 Å². The van der Waals surface area contributed by atoms with Crippen molar-refractivity contribution in [1.82, 2.24) is 19.2 Å². The lowest BCUT2D eigenvalue weighted by molar-refractivity contribution is 0.486. The number of benzene rings is 2. The third-order valence-corrected chi connectivity index (χ3v) is 7.62. The van der Waals surface area contributed by atoms with E-state index in [2.05, 4.69) is 25.5 Å². The lowest BCUT2D eigenvalue weighted by atomic mass is 9.92. The van der Waals surface area contributed by atoms with Crippen LogP contribution >= 0.6 is 11.5 Å². The van der Waals surface area contributed by atoms with E-state index < -0.39 is 32.5 Å². The highest BCUT2D eigenvalue weighted by atomic mass is 32.2. The number of hydrogen-bond donors (Lipinski definition) is 2. The molecule has 0 saturated carbocycles. The zero-order valence-electron chi connectivity index (χ0n) is 16.8. The molecule has 1 atom stereocenters. The molecule has 5 rings (SSSR count). The molecule has 2 aromatic carbocycles. The van der Waals surface area contributed by atoms with Crippen LogP contribution in [0.4, 0.5) is 9.52 Å². The van der Waals surface area contributed by atoms with Gasteiger partial charge in [-0.05, 0) is 36.6 Å². The molecule has 0 unspecified atom stereocenters. The number of nitrogens with zero attached hydrogens (tertiary/aromatic N) is 3. The summed E-state index contributed by atoms with van der Waals surface area (Å²) < 4.78 is 52.7. The number of nitrogens with one attached hydrogen (secondary N) is 2. The van der Waals surface area contributed by atoms with Crippen LogP contribution in [0.25, 0.3) is 11.1 Å². The van der Waals surface area contributed by atoms with Crippen LogP contribution in [-0.2, 0) is 23.0 Å². The highest BCUT2D eigenvalue weighted by Gasteiger charge is 2.26. The average Bonchev–Trinajstić information content (AvgIpc) is 3.38. The maximum Gasteiger partial charge on any atom is 0.420 e. The Hall–Kier alpha value is -3.09. The molecule has 0 fully saturated rings. The maximum atomic E-state index is 15.0. The van der Waals surface area contributed by atoms with E-state index in [1.165, 1.54) is 16.5 Å². The standard InChI is InChI=1S/C20H18FN5O4S2/c1-11(13-4-2-3-12-5-6-22-9-14(12)13)26-16-7-15(21)18(8-17(16)30-20(26)27)32(28,29)25-19-23-10-24-31-19/h2-4,7-8,10-11,22H,5-6,9H2,1H3,(H,23,24,25)/t11-/m0/s1. The third kappa shape index (κ3) is 3.49. The smallest absolute Gasteiger partial charge is 0.408 e. The molecule has 1 aliphatic rings. The molecule has 2 N–H and O–H groups in total. The highest BCUT2D eigenvalue weighted by Crippen LogP contribution is 2.30. The Labute approximate surface area is 186 Å². The van der Waals surface area contributed by atoms with Crippen molar-refractivity contribution < 1.29 is 17.2 Å². The summed E-state index contributed by atoms with van der Waals surface area (Å²) in [6.07, 6.45) is 2.06. The van der Waals surface area contributed by atoms with Gasteiger partial charge in [0, 0.05) is 30.2 Å². The molecule has 0 aliphatic carbocycles. The molecule has 0 saturated heterocycles. The number of anilines is 1. The molecule has 3 heterocycles. The molecule has 1 aliphatic heterocycles. The lowest BCUT2D eigenvalue weighted by Gasteiger charge is -2.24. The van der Waals surface area contributed by atoms with E-state index in [-0.39, 0.29) is 16.2 Å². The summed E-state index contributed by atoms with van der Waals surface area (Å²) in [7, 11) is -4.29. The van der Waals surface area contributed by atoms with E-state index in [9.17, 15) is 17.6 Å². The third-order valence-electron chi connectivity index (χ3n) is 5.56. The first-order valence-corrected chi connectivity index (χ1v) is 12.1. The van der Waals surface area contributed by atoms with Crippen molar-refractivity contribution in [2.24, 2.45) is 0 Å². The molecule has 4 aromatic rings. The molecule has 12 heteroatoms. The van der Waals surface area contributed by atoms with E-state index >= 15 is 0 Å². The van der Waals surface area contributed by atoms with Gasteiger partial charge < -0.3 is 9.73 Å². The zero-order chi connectivity index (χ0) is 22.5. The predicted octanol–water partition coefficient (Wildman–Crippen LogP) is 2.64. The number of aromatic nitrogens is 3. The van der Waals surface area contributed by atoms with Crippen LogP contribution < -0.4 is 15.8 Å². The van der Waals surface area contributed by atoms with Crippen molar-refractivity contribution in [2.45, 2.75) is 30.8 Å². The van der Waals surface area contributed by atoms with Gasteiger partial charge >= 0.3 is 5.76 Å². The summed E-state index contributed by atoms with van der Waals surface area (Å²) in [4.78, 5) is 15.8. The Morgan fingerprint density at radius 3 is 2.97 bits per heavy atom.